The van der Waals surface area contributed by atoms with Gasteiger partial charge in [0.05, 0.1) is 16.6 Å². The third-order valence-electron chi connectivity index (χ3n) is 2.93. The molecule has 2 rings (SSSR count). The van der Waals surface area contributed by atoms with Crippen LogP contribution < -0.4 is 16.4 Å². The summed E-state index contributed by atoms with van der Waals surface area (Å²) in [5.41, 5.74) is -1.42. The van der Waals surface area contributed by atoms with Crippen LogP contribution in [0.25, 0.3) is 11.0 Å². The summed E-state index contributed by atoms with van der Waals surface area (Å²) in [6.07, 6.45) is 0. The molecule has 0 saturated heterocycles. The summed E-state index contributed by atoms with van der Waals surface area (Å²) in [5, 5.41) is 11.7. The van der Waals surface area contributed by atoms with Gasteiger partial charge in [-0.15, -0.1) is 0 Å². The molecule has 0 aliphatic heterocycles. The Morgan fingerprint density at radius 2 is 2.05 bits per heavy atom. The van der Waals surface area contributed by atoms with Crippen LogP contribution in [0.2, 0.25) is 0 Å². The number of rotatable bonds is 4. The maximum absolute atomic E-state index is 11.9. The number of aromatic amines is 1. The zero-order valence-corrected chi connectivity index (χ0v) is 11.2. The first-order chi connectivity index (χ1) is 9.91. The number of carboxylic acid groups (broad SMARTS) is 1. The molecule has 110 valence electrons. The number of amides is 1. The lowest BCUT2D eigenvalue weighted by atomic mass is 10.1. The van der Waals surface area contributed by atoms with Gasteiger partial charge in [-0.3, -0.25) is 19.0 Å². The second kappa shape index (κ2) is 5.61. The van der Waals surface area contributed by atoms with Crippen molar-refractivity contribution in [2.24, 2.45) is 0 Å². The Hall–Kier alpha value is -2.90. The van der Waals surface area contributed by atoms with Crippen LogP contribution in [0.15, 0.2) is 27.8 Å². The summed E-state index contributed by atoms with van der Waals surface area (Å²) in [4.78, 5) is 48.0. The van der Waals surface area contributed by atoms with Crippen molar-refractivity contribution in [2.45, 2.75) is 13.5 Å². The quantitative estimate of drug-likeness (QED) is 0.657. The van der Waals surface area contributed by atoms with E-state index in [1.165, 1.54) is 25.1 Å². The molecule has 0 bridgehead atoms. The van der Waals surface area contributed by atoms with Crippen molar-refractivity contribution in [1.29, 1.82) is 0 Å². The average Bonchev–Trinajstić information content (AvgIpc) is 2.41. The van der Waals surface area contributed by atoms with Gasteiger partial charge in [0.1, 0.15) is 0 Å². The largest absolute Gasteiger partial charge is 0.478 e. The van der Waals surface area contributed by atoms with Crippen molar-refractivity contribution >= 4 is 22.9 Å². The van der Waals surface area contributed by atoms with Gasteiger partial charge < -0.3 is 15.4 Å². The van der Waals surface area contributed by atoms with Crippen molar-refractivity contribution in [2.75, 3.05) is 6.54 Å². The number of aromatic nitrogens is 2. The second-order valence-corrected chi connectivity index (χ2v) is 4.40. The molecule has 0 saturated carbocycles. The lowest BCUT2D eigenvalue weighted by molar-refractivity contribution is -0.118. The monoisotopic (exact) mass is 291 g/mol. The highest BCUT2D eigenvalue weighted by Gasteiger charge is 2.15. The number of carbonyl (C=O) groups is 2. The first-order valence-corrected chi connectivity index (χ1v) is 6.15. The zero-order valence-electron chi connectivity index (χ0n) is 11.2. The molecule has 1 aromatic heterocycles. The summed E-state index contributed by atoms with van der Waals surface area (Å²) in [6.45, 7) is 1.44. The minimum absolute atomic E-state index is 0.00310. The number of benzene rings is 1. The predicted molar refractivity (Wildman–Crippen MR) is 74.5 cm³/mol. The molecule has 1 amide bonds. The van der Waals surface area contributed by atoms with Crippen molar-refractivity contribution < 1.29 is 14.7 Å². The molecule has 8 nitrogen and oxygen atoms in total. The number of nitrogens with zero attached hydrogens (tertiary/aromatic N) is 1. The Morgan fingerprint density at radius 3 is 2.67 bits per heavy atom. The molecule has 0 aliphatic carbocycles. The van der Waals surface area contributed by atoms with E-state index < -0.39 is 17.1 Å². The number of para-hydroxylation sites is 1. The number of carboxylic acids is 1. The topological polar surface area (TPSA) is 121 Å². The van der Waals surface area contributed by atoms with Crippen LogP contribution in [0.4, 0.5) is 0 Å². The fourth-order valence-electron chi connectivity index (χ4n) is 2.06. The Balaban J connectivity index is 2.67. The molecule has 0 radical (unpaired) electrons. The van der Waals surface area contributed by atoms with E-state index in [9.17, 15) is 24.3 Å². The van der Waals surface area contributed by atoms with Gasteiger partial charge in [-0.2, -0.15) is 0 Å². The molecule has 0 aliphatic rings. The summed E-state index contributed by atoms with van der Waals surface area (Å²) in [7, 11) is 0. The van der Waals surface area contributed by atoms with E-state index in [4.69, 9.17) is 0 Å². The fourth-order valence-corrected chi connectivity index (χ4v) is 2.06. The average molecular weight is 291 g/mol. The van der Waals surface area contributed by atoms with E-state index in [1.807, 2.05) is 0 Å². The van der Waals surface area contributed by atoms with Crippen LogP contribution >= 0.6 is 0 Å². The summed E-state index contributed by atoms with van der Waals surface area (Å²) in [5.74, 6) is -1.49. The number of carbonyl (C=O) groups excluding carboxylic acids is 1. The molecular formula is C13H13N3O5. The van der Waals surface area contributed by atoms with Gasteiger partial charge >= 0.3 is 17.1 Å². The van der Waals surface area contributed by atoms with Crippen molar-refractivity contribution in [3.05, 3.63) is 44.5 Å². The van der Waals surface area contributed by atoms with Gasteiger partial charge in [0.15, 0.2) is 0 Å². The van der Waals surface area contributed by atoms with Crippen molar-refractivity contribution in [3.63, 3.8) is 0 Å². The summed E-state index contributed by atoms with van der Waals surface area (Å²) in [6, 6.07) is 4.33. The van der Waals surface area contributed by atoms with E-state index in [-0.39, 0.29) is 35.6 Å². The van der Waals surface area contributed by atoms with E-state index in [0.717, 1.165) is 4.57 Å². The standard InChI is InChI=1S/C13H13N3O5/c1-7(17)14-5-6-16-10-8(13(20)21)3-2-4-9(10)15-11(18)12(16)19/h2-4H,5-6H2,1H3,(H,14,17)(H,15,18)(H,20,21). The van der Waals surface area contributed by atoms with E-state index >= 15 is 0 Å². The van der Waals surface area contributed by atoms with Gasteiger partial charge in [0.2, 0.25) is 5.91 Å². The first kappa shape index (κ1) is 14.5. The summed E-state index contributed by atoms with van der Waals surface area (Å²) < 4.78 is 1.06. The van der Waals surface area contributed by atoms with Crippen LogP contribution in [-0.2, 0) is 11.3 Å². The Bertz CT molecular complexity index is 834. The Kier molecular flexibility index (Phi) is 3.88. The molecule has 0 spiro atoms. The molecule has 8 heteroatoms. The zero-order chi connectivity index (χ0) is 15.6. The minimum Gasteiger partial charge on any atom is -0.478 e. The van der Waals surface area contributed by atoms with Crippen LogP contribution in [-0.4, -0.2) is 33.1 Å². The highest BCUT2D eigenvalue weighted by molar-refractivity contribution is 6.00. The van der Waals surface area contributed by atoms with E-state index in [2.05, 4.69) is 10.3 Å². The van der Waals surface area contributed by atoms with Crippen molar-refractivity contribution in [3.8, 4) is 0 Å². The van der Waals surface area contributed by atoms with Gasteiger partial charge in [0.25, 0.3) is 0 Å². The molecule has 2 aromatic rings. The highest BCUT2D eigenvalue weighted by Crippen LogP contribution is 2.14. The number of nitrogens with one attached hydrogen (secondary N) is 2. The molecule has 0 unspecified atom stereocenters. The number of hydrogen-bond acceptors (Lipinski definition) is 4. The molecule has 3 N–H and O–H groups in total. The highest BCUT2D eigenvalue weighted by atomic mass is 16.4. The molecular weight excluding hydrogens is 278 g/mol. The predicted octanol–water partition coefficient (Wildman–Crippen LogP) is -0.476. The third kappa shape index (κ3) is 2.83. The van der Waals surface area contributed by atoms with Gasteiger partial charge in [-0.25, -0.2) is 4.79 Å². The van der Waals surface area contributed by atoms with E-state index in [1.54, 1.807) is 0 Å². The Labute approximate surface area is 118 Å². The molecule has 1 heterocycles. The van der Waals surface area contributed by atoms with Gasteiger partial charge in [-0.05, 0) is 12.1 Å². The van der Waals surface area contributed by atoms with Crippen molar-refractivity contribution in [1.82, 2.24) is 14.9 Å². The molecule has 1 aromatic carbocycles. The maximum Gasteiger partial charge on any atom is 0.337 e. The van der Waals surface area contributed by atoms with Crippen LogP contribution in [0.5, 0.6) is 0 Å². The lowest BCUT2D eigenvalue weighted by Crippen LogP contribution is -2.39. The first-order valence-electron chi connectivity index (χ1n) is 6.15. The fraction of sp³-hybridized carbons (Fsp3) is 0.231. The maximum atomic E-state index is 11.9. The number of fused-ring (bicyclic) bond motifs is 1. The molecule has 0 fully saturated rings. The van der Waals surface area contributed by atoms with Crippen LogP contribution in [0.1, 0.15) is 17.3 Å². The summed E-state index contributed by atoms with van der Waals surface area (Å²) >= 11 is 0. The molecule has 21 heavy (non-hydrogen) atoms. The number of aromatic carboxylic acids is 1. The number of hydrogen-bond donors (Lipinski definition) is 3. The lowest BCUT2D eigenvalue weighted by Gasteiger charge is -2.11. The smallest absolute Gasteiger partial charge is 0.337 e. The van der Waals surface area contributed by atoms with Gasteiger partial charge in [0, 0.05) is 20.0 Å². The van der Waals surface area contributed by atoms with Crippen LogP contribution in [0.3, 0.4) is 0 Å². The van der Waals surface area contributed by atoms with Gasteiger partial charge in [-0.1, -0.05) is 6.07 Å². The SMILES string of the molecule is CC(=O)NCCn1c(=O)c(=O)[nH]c2cccc(C(=O)O)c21. The minimum atomic E-state index is -1.21. The van der Waals surface area contributed by atoms with E-state index in [0.29, 0.717) is 0 Å². The second-order valence-electron chi connectivity index (χ2n) is 4.40. The van der Waals surface area contributed by atoms with Crippen LogP contribution in [0, 0.1) is 0 Å². The number of H-pyrrole nitrogens is 1. The molecule has 0 atom stereocenters. The third-order valence-corrected chi connectivity index (χ3v) is 2.93. The normalized spacial score (nSPS) is 10.5. The Morgan fingerprint density at radius 1 is 1.33 bits per heavy atom.